The molecule has 0 aromatic heterocycles. The number of methoxy groups -OCH3 is 3. The molecule has 158 valence electrons. The molecule has 3 aromatic carbocycles. The van der Waals surface area contributed by atoms with Crippen molar-refractivity contribution >= 4 is 15.7 Å². The summed E-state index contributed by atoms with van der Waals surface area (Å²) in [5, 5.41) is 0. The van der Waals surface area contributed by atoms with Crippen LogP contribution in [0.25, 0.3) is 11.1 Å². The molecule has 0 saturated carbocycles. The molecular weight excluding hydrogens is 404 g/mol. The molecule has 0 fully saturated rings. The number of nitrogen functional groups attached to an aromatic ring is 1. The number of benzene rings is 3. The largest absolute Gasteiger partial charge is 0.497 e. The molecule has 0 unspecified atom stereocenters. The van der Waals surface area contributed by atoms with Gasteiger partial charge in [0.25, 0.3) is 0 Å². The van der Waals surface area contributed by atoms with Gasteiger partial charge in [-0.3, -0.25) is 0 Å². The zero-order valence-corrected chi connectivity index (χ0v) is 17.8. The lowest BCUT2D eigenvalue weighted by Gasteiger charge is -2.15. The lowest BCUT2D eigenvalue weighted by atomic mass is 10.1. The van der Waals surface area contributed by atoms with Crippen LogP contribution < -0.4 is 24.7 Å². The first-order valence-electron chi connectivity index (χ1n) is 9.12. The van der Waals surface area contributed by atoms with Crippen molar-refractivity contribution in [1.29, 1.82) is 0 Å². The van der Waals surface area contributed by atoms with Crippen molar-refractivity contribution in [1.82, 2.24) is 4.72 Å². The van der Waals surface area contributed by atoms with Crippen molar-refractivity contribution in [2.75, 3.05) is 27.1 Å². The Morgan fingerprint density at radius 3 is 2.13 bits per heavy atom. The second-order valence-electron chi connectivity index (χ2n) is 6.49. The summed E-state index contributed by atoms with van der Waals surface area (Å²) in [6.07, 6.45) is 0. The summed E-state index contributed by atoms with van der Waals surface area (Å²) in [6.45, 7) is 0.0480. The first kappa shape index (κ1) is 21.5. The summed E-state index contributed by atoms with van der Waals surface area (Å²) in [7, 11) is 0.784. The van der Waals surface area contributed by atoms with Crippen LogP contribution >= 0.6 is 0 Å². The summed E-state index contributed by atoms with van der Waals surface area (Å²) in [4.78, 5) is 0.0974. The van der Waals surface area contributed by atoms with E-state index in [1.54, 1.807) is 68.8 Å². The van der Waals surface area contributed by atoms with Crippen LogP contribution in [0, 0.1) is 0 Å². The van der Waals surface area contributed by atoms with Gasteiger partial charge >= 0.3 is 0 Å². The third-order valence-corrected chi connectivity index (χ3v) is 6.08. The maximum atomic E-state index is 13.1. The zero-order chi connectivity index (χ0) is 21.7. The third kappa shape index (κ3) is 4.67. The highest BCUT2D eigenvalue weighted by atomic mass is 32.2. The van der Waals surface area contributed by atoms with E-state index in [4.69, 9.17) is 19.9 Å². The van der Waals surface area contributed by atoms with Gasteiger partial charge in [0.05, 0.1) is 26.2 Å². The molecule has 0 amide bonds. The van der Waals surface area contributed by atoms with Gasteiger partial charge in [-0.2, -0.15) is 0 Å². The van der Waals surface area contributed by atoms with Gasteiger partial charge in [-0.15, -0.1) is 0 Å². The van der Waals surface area contributed by atoms with Crippen LogP contribution in [0.1, 0.15) is 5.56 Å². The van der Waals surface area contributed by atoms with Crippen LogP contribution in [0.4, 0.5) is 5.69 Å². The molecular formula is C22H24N2O5S. The third-order valence-electron chi connectivity index (χ3n) is 4.64. The second kappa shape index (κ2) is 9.06. The summed E-state index contributed by atoms with van der Waals surface area (Å²) >= 11 is 0. The van der Waals surface area contributed by atoms with Gasteiger partial charge in [-0.1, -0.05) is 24.3 Å². The van der Waals surface area contributed by atoms with Gasteiger partial charge in [0, 0.05) is 29.4 Å². The van der Waals surface area contributed by atoms with Crippen molar-refractivity contribution in [3.63, 3.8) is 0 Å². The molecule has 3 aromatic rings. The molecule has 0 heterocycles. The normalized spacial score (nSPS) is 11.2. The minimum absolute atomic E-state index is 0.0480. The Morgan fingerprint density at radius 2 is 1.50 bits per heavy atom. The average Bonchev–Trinajstić information content (AvgIpc) is 2.77. The Kier molecular flexibility index (Phi) is 6.49. The van der Waals surface area contributed by atoms with E-state index in [-0.39, 0.29) is 11.4 Å². The lowest BCUT2D eigenvalue weighted by molar-refractivity contribution is 0.390. The van der Waals surface area contributed by atoms with E-state index in [1.165, 1.54) is 13.2 Å². The van der Waals surface area contributed by atoms with Crippen molar-refractivity contribution in [3.8, 4) is 28.4 Å². The van der Waals surface area contributed by atoms with Crippen molar-refractivity contribution < 1.29 is 22.6 Å². The molecule has 0 aliphatic heterocycles. The van der Waals surface area contributed by atoms with Gasteiger partial charge in [0.2, 0.25) is 10.0 Å². The van der Waals surface area contributed by atoms with E-state index >= 15 is 0 Å². The number of nitrogens with two attached hydrogens (primary N) is 1. The predicted octanol–water partition coefficient (Wildman–Crippen LogP) is 3.44. The number of hydrogen-bond acceptors (Lipinski definition) is 6. The maximum absolute atomic E-state index is 13.1. The number of ether oxygens (including phenoxy) is 3. The fraction of sp³-hybridized carbons (Fsp3) is 0.182. The predicted molar refractivity (Wildman–Crippen MR) is 116 cm³/mol. The standard InChI is InChI=1S/C22H24N2O5S/c1-27-18-8-4-15(5-9-18)20-11-7-17(23)12-22(20)30(25,26)24-14-16-6-10-19(28-2)13-21(16)29-3/h4-13,24H,14,23H2,1-3H3. The Bertz CT molecular complexity index is 1130. The SMILES string of the molecule is COc1ccc(-c2ccc(N)cc2S(=O)(=O)NCc2ccc(OC)cc2OC)cc1. The molecule has 8 heteroatoms. The molecule has 0 aliphatic rings. The van der Waals surface area contributed by atoms with Crippen LogP contribution in [-0.2, 0) is 16.6 Å². The maximum Gasteiger partial charge on any atom is 0.241 e. The molecule has 7 nitrogen and oxygen atoms in total. The lowest BCUT2D eigenvalue weighted by Crippen LogP contribution is -2.24. The van der Waals surface area contributed by atoms with Crippen molar-refractivity contribution in [2.24, 2.45) is 0 Å². The van der Waals surface area contributed by atoms with E-state index in [0.717, 1.165) is 5.56 Å². The number of sulfonamides is 1. The number of rotatable bonds is 8. The fourth-order valence-electron chi connectivity index (χ4n) is 3.02. The monoisotopic (exact) mass is 428 g/mol. The minimum Gasteiger partial charge on any atom is -0.497 e. The first-order chi connectivity index (χ1) is 14.4. The van der Waals surface area contributed by atoms with E-state index in [2.05, 4.69) is 4.72 Å². The Hall–Kier alpha value is -3.23. The van der Waals surface area contributed by atoms with Gasteiger partial charge < -0.3 is 19.9 Å². The van der Waals surface area contributed by atoms with Crippen LogP contribution in [0.5, 0.6) is 17.2 Å². The molecule has 0 aliphatic carbocycles. The van der Waals surface area contributed by atoms with Crippen molar-refractivity contribution in [3.05, 3.63) is 66.2 Å². The Balaban J connectivity index is 1.93. The highest BCUT2D eigenvalue weighted by Gasteiger charge is 2.21. The van der Waals surface area contributed by atoms with Crippen LogP contribution in [0.2, 0.25) is 0 Å². The topological polar surface area (TPSA) is 99.9 Å². The molecule has 3 rings (SSSR count). The van der Waals surface area contributed by atoms with Gasteiger partial charge in [0.15, 0.2) is 0 Å². The van der Waals surface area contributed by atoms with E-state index in [9.17, 15) is 8.42 Å². The number of nitrogens with one attached hydrogen (secondary N) is 1. The smallest absolute Gasteiger partial charge is 0.241 e. The van der Waals surface area contributed by atoms with Gasteiger partial charge in [-0.25, -0.2) is 13.1 Å². The summed E-state index contributed by atoms with van der Waals surface area (Å²) < 4.78 is 44.6. The first-order valence-corrected chi connectivity index (χ1v) is 10.6. The molecule has 0 radical (unpaired) electrons. The van der Waals surface area contributed by atoms with Crippen molar-refractivity contribution in [2.45, 2.75) is 11.4 Å². The molecule has 0 atom stereocenters. The van der Waals surface area contributed by atoms with E-state index in [0.29, 0.717) is 34.1 Å². The molecule has 30 heavy (non-hydrogen) atoms. The second-order valence-corrected chi connectivity index (χ2v) is 8.22. The summed E-state index contributed by atoms with van der Waals surface area (Å²) in [5.41, 5.74) is 8.20. The van der Waals surface area contributed by atoms with Crippen LogP contribution in [0.3, 0.4) is 0 Å². The van der Waals surface area contributed by atoms with Gasteiger partial charge in [-0.05, 0) is 35.9 Å². The minimum atomic E-state index is -3.86. The highest BCUT2D eigenvalue weighted by Crippen LogP contribution is 2.31. The van der Waals surface area contributed by atoms with Gasteiger partial charge in [0.1, 0.15) is 17.2 Å². The average molecular weight is 429 g/mol. The Morgan fingerprint density at radius 1 is 0.833 bits per heavy atom. The Labute approximate surface area is 176 Å². The molecule has 0 saturated heterocycles. The van der Waals surface area contributed by atoms with E-state index < -0.39 is 10.0 Å². The molecule has 3 N–H and O–H groups in total. The van der Waals surface area contributed by atoms with Crippen LogP contribution in [-0.4, -0.2) is 29.7 Å². The van der Waals surface area contributed by atoms with E-state index in [1.807, 2.05) is 0 Å². The summed E-state index contributed by atoms with van der Waals surface area (Å²) in [5.74, 6) is 1.83. The summed E-state index contributed by atoms with van der Waals surface area (Å²) in [6, 6.07) is 17.2. The highest BCUT2D eigenvalue weighted by molar-refractivity contribution is 7.89. The number of anilines is 1. The fourth-order valence-corrected chi connectivity index (χ4v) is 4.29. The molecule has 0 spiro atoms. The number of hydrogen-bond donors (Lipinski definition) is 2. The quantitative estimate of drug-likeness (QED) is 0.533. The van der Waals surface area contributed by atoms with Crippen LogP contribution in [0.15, 0.2) is 65.6 Å². The molecule has 0 bridgehead atoms. The zero-order valence-electron chi connectivity index (χ0n) is 17.0.